The fourth-order valence-electron chi connectivity index (χ4n) is 3.97. The quantitative estimate of drug-likeness (QED) is 0.423. The number of hydrogen-bond acceptors (Lipinski definition) is 3. The second-order valence-corrected chi connectivity index (χ2v) is 7.76. The molecule has 1 aromatic heterocycles. The van der Waals surface area contributed by atoms with Crippen LogP contribution in [0, 0.1) is 24.7 Å². The summed E-state index contributed by atoms with van der Waals surface area (Å²) >= 11 is 1.74. The molecule has 2 aliphatic rings. The Hall–Kier alpha value is -0.370. The van der Waals surface area contributed by atoms with Gasteiger partial charge >= 0.3 is 0 Å². The molecule has 0 saturated heterocycles. The molecule has 2 aliphatic carbocycles. The molecule has 0 aromatic carbocycles. The number of nitrogens with one attached hydrogen (secondary N) is 2. The first-order valence-electron chi connectivity index (χ1n) is 8.10. The molecule has 3 rings (SSSR count). The standard InChI is InChI=1S/C16H26N4S.HI/c1-11-9-19-15(21-11)10-20-16(17-2)18-6-5-14-8-12-3-4-13(14)7-12;/h9,12-14H,3-8,10H2,1-2H3,(H2,17,18,20);1H. The number of halogens is 1. The van der Waals surface area contributed by atoms with Gasteiger partial charge in [-0.15, -0.1) is 35.3 Å². The number of hydrogen-bond donors (Lipinski definition) is 2. The first-order chi connectivity index (χ1) is 10.2. The zero-order valence-corrected chi connectivity index (χ0v) is 16.6. The Balaban J connectivity index is 0.00000176. The summed E-state index contributed by atoms with van der Waals surface area (Å²) < 4.78 is 0. The van der Waals surface area contributed by atoms with E-state index in [1.54, 1.807) is 11.3 Å². The molecule has 0 amide bonds. The Morgan fingerprint density at radius 2 is 2.23 bits per heavy atom. The highest BCUT2D eigenvalue weighted by Gasteiger charge is 2.38. The van der Waals surface area contributed by atoms with Gasteiger partial charge in [0.2, 0.25) is 0 Å². The van der Waals surface area contributed by atoms with Crippen molar-refractivity contribution in [2.75, 3.05) is 13.6 Å². The minimum absolute atomic E-state index is 0. The fraction of sp³-hybridized carbons (Fsp3) is 0.750. The highest BCUT2D eigenvalue weighted by Crippen LogP contribution is 2.49. The number of fused-ring (bicyclic) bond motifs is 2. The summed E-state index contributed by atoms with van der Waals surface area (Å²) in [5.74, 6) is 3.91. The lowest BCUT2D eigenvalue weighted by Gasteiger charge is -2.22. The first kappa shape index (κ1) is 18.0. The number of aryl methyl sites for hydroxylation is 1. The van der Waals surface area contributed by atoms with E-state index in [1.165, 1.54) is 37.0 Å². The van der Waals surface area contributed by atoms with Crippen LogP contribution in [0.25, 0.3) is 0 Å². The number of guanidine groups is 1. The Morgan fingerprint density at radius 3 is 2.82 bits per heavy atom. The topological polar surface area (TPSA) is 49.3 Å². The maximum absolute atomic E-state index is 4.36. The lowest BCUT2D eigenvalue weighted by molar-refractivity contribution is 0.315. The van der Waals surface area contributed by atoms with Gasteiger partial charge in [-0.25, -0.2) is 4.98 Å². The van der Waals surface area contributed by atoms with Crippen molar-refractivity contribution in [3.63, 3.8) is 0 Å². The summed E-state index contributed by atoms with van der Waals surface area (Å²) in [6, 6.07) is 0. The molecular formula is C16H27IN4S. The van der Waals surface area contributed by atoms with Gasteiger partial charge < -0.3 is 10.6 Å². The van der Waals surface area contributed by atoms with Gasteiger partial charge in [0, 0.05) is 24.7 Å². The lowest BCUT2D eigenvalue weighted by Crippen LogP contribution is -2.38. The highest BCUT2D eigenvalue weighted by molar-refractivity contribution is 14.0. The van der Waals surface area contributed by atoms with Crippen LogP contribution >= 0.6 is 35.3 Å². The fourth-order valence-corrected chi connectivity index (χ4v) is 4.70. The van der Waals surface area contributed by atoms with Crippen molar-refractivity contribution in [2.24, 2.45) is 22.7 Å². The van der Waals surface area contributed by atoms with Crippen molar-refractivity contribution in [3.05, 3.63) is 16.1 Å². The van der Waals surface area contributed by atoms with Gasteiger partial charge in [0.15, 0.2) is 5.96 Å². The molecule has 1 heterocycles. The average Bonchev–Trinajstić information content (AvgIpc) is 3.19. The summed E-state index contributed by atoms with van der Waals surface area (Å²) in [7, 11) is 1.83. The smallest absolute Gasteiger partial charge is 0.191 e. The lowest BCUT2D eigenvalue weighted by atomic mass is 9.86. The molecule has 2 N–H and O–H groups in total. The van der Waals surface area contributed by atoms with Crippen molar-refractivity contribution in [2.45, 2.75) is 45.6 Å². The highest BCUT2D eigenvalue weighted by atomic mass is 127. The molecule has 124 valence electrons. The monoisotopic (exact) mass is 434 g/mol. The SMILES string of the molecule is CN=C(NCCC1CC2CCC1C2)NCc1ncc(C)s1.I. The van der Waals surface area contributed by atoms with Gasteiger partial charge in [0.25, 0.3) is 0 Å². The van der Waals surface area contributed by atoms with Gasteiger partial charge in [0.1, 0.15) is 5.01 Å². The van der Waals surface area contributed by atoms with Crippen molar-refractivity contribution in [1.82, 2.24) is 15.6 Å². The van der Waals surface area contributed by atoms with Gasteiger partial charge in [-0.2, -0.15) is 0 Å². The number of thiazole rings is 1. The molecule has 4 nitrogen and oxygen atoms in total. The van der Waals surface area contributed by atoms with Crippen LogP contribution in [0.3, 0.4) is 0 Å². The van der Waals surface area contributed by atoms with Gasteiger partial charge in [-0.1, -0.05) is 6.42 Å². The van der Waals surface area contributed by atoms with Crippen molar-refractivity contribution in [1.29, 1.82) is 0 Å². The Kier molecular flexibility index (Phi) is 6.92. The minimum Gasteiger partial charge on any atom is -0.356 e. The number of aliphatic imine (C=N–C) groups is 1. The second kappa shape index (κ2) is 8.47. The molecule has 0 aliphatic heterocycles. The predicted molar refractivity (Wildman–Crippen MR) is 104 cm³/mol. The molecule has 0 radical (unpaired) electrons. The van der Waals surface area contributed by atoms with E-state index in [0.29, 0.717) is 0 Å². The summed E-state index contributed by atoms with van der Waals surface area (Å²) in [5, 5.41) is 7.91. The van der Waals surface area contributed by atoms with E-state index in [2.05, 4.69) is 27.5 Å². The molecule has 1 aromatic rings. The average molecular weight is 434 g/mol. The number of aromatic nitrogens is 1. The van der Waals surface area contributed by atoms with E-state index < -0.39 is 0 Å². The van der Waals surface area contributed by atoms with E-state index in [-0.39, 0.29) is 24.0 Å². The van der Waals surface area contributed by atoms with Gasteiger partial charge in [-0.05, 0) is 50.4 Å². The maximum atomic E-state index is 4.36. The van der Waals surface area contributed by atoms with Crippen LogP contribution in [-0.2, 0) is 6.54 Å². The molecule has 3 atom stereocenters. The summed E-state index contributed by atoms with van der Waals surface area (Å²) in [5.41, 5.74) is 0. The van der Waals surface area contributed by atoms with Crippen LogP contribution in [0.2, 0.25) is 0 Å². The molecule has 2 fully saturated rings. The maximum Gasteiger partial charge on any atom is 0.191 e. The van der Waals surface area contributed by atoms with E-state index in [4.69, 9.17) is 0 Å². The third kappa shape index (κ3) is 4.57. The van der Waals surface area contributed by atoms with Crippen LogP contribution < -0.4 is 10.6 Å². The molecule has 2 bridgehead atoms. The number of rotatable bonds is 5. The Labute approximate surface area is 154 Å². The van der Waals surface area contributed by atoms with Crippen LogP contribution in [0.15, 0.2) is 11.2 Å². The predicted octanol–water partition coefficient (Wildman–Crippen LogP) is 3.56. The molecule has 22 heavy (non-hydrogen) atoms. The second-order valence-electron chi connectivity index (χ2n) is 6.44. The molecule has 3 unspecified atom stereocenters. The summed E-state index contributed by atoms with van der Waals surface area (Å²) in [4.78, 5) is 9.91. The van der Waals surface area contributed by atoms with E-state index in [0.717, 1.165) is 41.8 Å². The zero-order valence-electron chi connectivity index (χ0n) is 13.5. The van der Waals surface area contributed by atoms with Crippen molar-refractivity contribution in [3.8, 4) is 0 Å². The molecule has 0 spiro atoms. The molecule has 6 heteroatoms. The molecular weight excluding hydrogens is 407 g/mol. The van der Waals surface area contributed by atoms with Crippen LogP contribution in [0.5, 0.6) is 0 Å². The van der Waals surface area contributed by atoms with E-state index in [9.17, 15) is 0 Å². The number of nitrogens with zero attached hydrogens (tertiary/aromatic N) is 2. The molecule has 2 saturated carbocycles. The third-order valence-electron chi connectivity index (χ3n) is 4.99. The summed E-state index contributed by atoms with van der Waals surface area (Å²) in [6.07, 6.45) is 9.15. The third-order valence-corrected chi connectivity index (χ3v) is 5.90. The Bertz CT molecular complexity index is 502. The Morgan fingerprint density at radius 1 is 1.36 bits per heavy atom. The van der Waals surface area contributed by atoms with Crippen molar-refractivity contribution >= 4 is 41.3 Å². The first-order valence-corrected chi connectivity index (χ1v) is 8.92. The van der Waals surface area contributed by atoms with E-state index in [1.807, 2.05) is 13.2 Å². The normalized spacial score (nSPS) is 26.8. The zero-order chi connectivity index (χ0) is 14.7. The van der Waals surface area contributed by atoms with Crippen LogP contribution in [-0.4, -0.2) is 24.5 Å². The van der Waals surface area contributed by atoms with Gasteiger partial charge in [-0.3, -0.25) is 4.99 Å². The van der Waals surface area contributed by atoms with Gasteiger partial charge in [0.05, 0.1) is 6.54 Å². The van der Waals surface area contributed by atoms with Crippen molar-refractivity contribution < 1.29 is 0 Å². The minimum atomic E-state index is 0. The largest absolute Gasteiger partial charge is 0.356 e. The van der Waals surface area contributed by atoms with Crippen LogP contribution in [0.1, 0.15) is 42.0 Å². The van der Waals surface area contributed by atoms with Crippen LogP contribution in [0.4, 0.5) is 0 Å². The van der Waals surface area contributed by atoms with E-state index >= 15 is 0 Å². The summed E-state index contributed by atoms with van der Waals surface area (Å²) in [6.45, 7) is 3.88.